The van der Waals surface area contributed by atoms with Crippen LogP contribution < -0.4 is 11.1 Å². The molecule has 3 nitrogen and oxygen atoms in total. The average Bonchev–Trinajstić information content (AvgIpc) is 2.88. The topological polar surface area (TPSA) is 51.2 Å². The second-order valence-electron chi connectivity index (χ2n) is 5.51. The Morgan fingerprint density at radius 3 is 2.53 bits per heavy atom. The van der Waals surface area contributed by atoms with Crippen LogP contribution in [0.4, 0.5) is 5.69 Å². The maximum absolute atomic E-state index is 5.72. The fourth-order valence-electron chi connectivity index (χ4n) is 2.10. The number of furan rings is 1. The highest BCUT2D eigenvalue weighted by molar-refractivity contribution is 5.41. The van der Waals surface area contributed by atoms with E-state index in [-0.39, 0.29) is 5.41 Å². The van der Waals surface area contributed by atoms with E-state index in [9.17, 15) is 0 Å². The van der Waals surface area contributed by atoms with Gasteiger partial charge in [0.1, 0.15) is 5.76 Å². The van der Waals surface area contributed by atoms with Crippen molar-refractivity contribution in [2.75, 3.05) is 18.8 Å². The van der Waals surface area contributed by atoms with Gasteiger partial charge in [0.25, 0.3) is 0 Å². The number of rotatable bonds is 6. The Morgan fingerprint density at radius 1 is 1.16 bits per heavy atom. The Hall–Kier alpha value is -1.74. The molecule has 0 bridgehead atoms. The summed E-state index contributed by atoms with van der Waals surface area (Å²) in [4.78, 5) is 0. The summed E-state index contributed by atoms with van der Waals surface area (Å²) in [5, 5.41) is 3.49. The van der Waals surface area contributed by atoms with Crippen LogP contribution >= 0.6 is 0 Å². The quantitative estimate of drug-likeness (QED) is 0.618. The van der Waals surface area contributed by atoms with E-state index in [0.29, 0.717) is 0 Å². The number of anilines is 1. The molecule has 0 unspecified atom stereocenters. The highest BCUT2D eigenvalue weighted by atomic mass is 16.3. The first-order chi connectivity index (χ1) is 9.08. The van der Waals surface area contributed by atoms with Crippen LogP contribution in [0.2, 0.25) is 0 Å². The smallest absolute Gasteiger partial charge is 0.105 e. The van der Waals surface area contributed by atoms with Crippen molar-refractivity contribution in [3.05, 3.63) is 54.0 Å². The van der Waals surface area contributed by atoms with Crippen molar-refractivity contribution >= 4 is 5.69 Å². The van der Waals surface area contributed by atoms with E-state index in [0.717, 1.165) is 31.0 Å². The monoisotopic (exact) mass is 258 g/mol. The number of hydrogen-bond acceptors (Lipinski definition) is 3. The van der Waals surface area contributed by atoms with Gasteiger partial charge < -0.3 is 15.5 Å². The van der Waals surface area contributed by atoms with Crippen molar-refractivity contribution in [1.82, 2.24) is 5.32 Å². The van der Waals surface area contributed by atoms with Gasteiger partial charge in [-0.25, -0.2) is 0 Å². The lowest BCUT2D eigenvalue weighted by Crippen LogP contribution is -2.34. The third-order valence-corrected chi connectivity index (χ3v) is 3.39. The molecule has 1 aromatic heterocycles. The zero-order chi connectivity index (χ0) is 13.7. The molecule has 2 aromatic rings. The molecule has 0 saturated carbocycles. The molecule has 2 rings (SSSR count). The van der Waals surface area contributed by atoms with Gasteiger partial charge in [0.05, 0.1) is 6.26 Å². The Bertz CT molecular complexity index is 486. The summed E-state index contributed by atoms with van der Waals surface area (Å²) in [6.45, 7) is 6.32. The van der Waals surface area contributed by atoms with Gasteiger partial charge in [-0.05, 0) is 29.8 Å². The van der Waals surface area contributed by atoms with Crippen molar-refractivity contribution in [3.8, 4) is 0 Å². The van der Waals surface area contributed by atoms with Crippen LogP contribution in [0.3, 0.4) is 0 Å². The molecule has 1 heterocycles. The maximum atomic E-state index is 5.72. The van der Waals surface area contributed by atoms with Gasteiger partial charge in [0.15, 0.2) is 0 Å². The zero-order valence-corrected chi connectivity index (χ0v) is 11.6. The third kappa shape index (κ3) is 3.86. The summed E-state index contributed by atoms with van der Waals surface area (Å²) >= 11 is 0. The van der Waals surface area contributed by atoms with E-state index in [2.05, 4.69) is 31.3 Å². The molecule has 0 aliphatic heterocycles. The Balaban J connectivity index is 1.82. The number of hydrogen-bond donors (Lipinski definition) is 2. The molecule has 19 heavy (non-hydrogen) atoms. The number of nitrogens with two attached hydrogens (primary N) is 1. The van der Waals surface area contributed by atoms with Crippen LogP contribution in [0.25, 0.3) is 0 Å². The third-order valence-electron chi connectivity index (χ3n) is 3.39. The van der Waals surface area contributed by atoms with Gasteiger partial charge in [0.2, 0.25) is 0 Å². The number of nitrogen functional groups attached to an aromatic ring is 1. The lowest BCUT2D eigenvalue weighted by molar-refractivity contribution is 0.453. The summed E-state index contributed by atoms with van der Waals surface area (Å²) in [6.07, 6.45) is 2.64. The molecule has 3 N–H and O–H groups in total. The summed E-state index contributed by atoms with van der Waals surface area (Å²) < 4.78 is 5.31. The van der Waals surface area contributed by atoms with Crippen LogP contribution in [-0.2, 0) is 11.8 Å². The van der Waals surface area contributed by atoms with Gasteiger partial charge >= 0.3 is 0 Å². The first-order valence-electron chi connectivity index (χ1n) is 6.67. The molecule has 0 amide bonds. The van der Waals surface area contributed by atoms with Crippen LogP contribution in [-0.4, -0.2) is 13.1 Å². The van der Waals surface area contributed by atoms with E-state index in [1.54, 1.807) is 6.26 Å². The van der Waals surface area contributed by atoms with Gasteiger partial charge in [-0.15, -0.1) is 0 Å². The first-order valence-corrected chi connectivity index (χ1v) is 6.67. The van der Waals surface area contributed by atoms with Crippen LogP contribution in [0.1, 0.15) is 25.2 Å². The molecule has 0 saturated heterocycles. The summed E-state index contributed by atoms with van der Waals surface area (Å²) in [5.74, 6) is 1.03. The predicted octanol–water partition coefficient (Wildman–Crippen LogP) is 2.97. The Morgan fingerprint density at radius 2 is 1.89 bits per heavy atom. The van der Waals surface area contributed by atoms with Crippen molar-refractivity contribution in [2.45, 2.75) is 25.7 Å². The van der Waals surface area contributed by atoms with Crippen LogP contribution in [0, 0.1) is 0 Å². The largest absolute Gasteiger partial charge is 0.469 e. The first kappa shape index (κ1) is 13.7. The van der Waals surface area contributed by atoms with Crippen LogP contribution in [0.15, 0.2) is 47.1 Å². The molecular formula is C16H22N2O. The lowest BCUT2D eigenvalue weighted by Gasteiger charge is -2.26. The van der Waals surface area contributed by atoms with Crippen LogP contribution in [0.5, 0.6) is 0 Å². The highest BCUT2D eigenvalue weighted by Gasteiger charge is 2.19. The summed E-state index contributed by atoms with van der Waals surface area (Å²) in [6, 6.07) is 12.0. The molecule has 0 aliphatic carbocycles. The van der Waals surface area contributed by atoms with Gasteiger partial charge in [0, 0.05) is 30.6 Å². The molecule has 0 radical (unpaired) electrons. The number of nitrogens with one attached hydrogen (secondary N) is 1. The summed E-state index contributed by atoms with van der Waals surface area (Å²) in [5.41, 5.74) is 7.92. The van der Waals surface area contributed by atoms with E-state index < -0.39 is 0 Å². The van der Waals surface area contributed by atoms with Gasteiger partial charge in [-0.2, -0.15) is 0 Å². The molecule has 102 valence electrons. The molecule has 0 aliphatic rings. The van der Waals surface area contributed by atoms with E-state index in [1.165, 1.54) is 5.56 Å². The molecule has 0 fully saturated rings. The zero-order valence-electron chi connectivity index (χ0n) is 11.6. The molecule has 1 aromatic carbocycles. The Kier molecular flexibility index (Phi) is 4.27. The molecule has 0 atom stereocenters. The van der Waals surface area contributed by atoms with E-state index >= 15 is 0 Å². The molecule has 0 spiro atoms. The van der Waals surface area contributed by atoms with Crippen molar-refractivity contribution < 1.29 is 4.42 Å². The minimum Gasteiger partial charge on any atom is -0.469 e. The SMILES string of the molecule is CC(C)(CNCCc1ccco1)c1ccc(N)cc1. The van der Waals surface area contributed by atoms with Crippen molar-refractivity contribution in [2.24, 2.45) is 0 Å². The Labute approximate surface area is 114 Å². The summed E-state index contributed by atoms with van der Waals surface area (Å²) in [7, 11) is 0. The fraction of sp³-hybridized carbons (Fsp3) is 0.375. The fourth-order valence-corrected chi connectivity index (χ4v) is 2.10. The second-order valence-corrected chi connectivity index (χ2v) is 5.51. The van der Waals surface area contributed by atoms with E-state index in [4.69, 9.17) is 10.2 Å². The van der Waals surface area contributed by atoms with Crippen molar-refractivity contribution in [3.63, 3.8) is 0 Å². The lowest BCUT2D eigenvalue weighted by atomic mass is 9.84. The van der Waals surface area contributed by atoms with Crippen molar-refractivity contribution in [1.29, 1.82) is 0 Å². The minimum atomic E-state index is 0.0941. The second kappa shape index (κ2) is 5.93. The van der Waals surface area contributed by atoms with Gasteiger partial charge in [-0.3, -0.25) is 0 Å². The molecular weight excluding hydrogens is 236 g/mol. The van der Waals surface area contributed by atoms with E-state index in [1.807, 2.05) is 24.3 Å². The number of benzene rings is 1. The normalized spacial score (nSPS) is 11.7. The minimum absolute atomic E-state index is 0.0941. The standard InChI is InChI=1S/C16H22N2O/c1-16(2,13-5-7-14(17)8-6-13)12-18-10-9-15-4-3-11-19-15/h3-8,11,18H,9-10,12,17H2,1-2H3. The predicted molar refractivity (Wildman–Crippen MR) is 79.2 cm³/mol. The maximum Gasteiger partial charge on any atom is 0.105 e. The highest BCUT2D eigenvalue weighted by Crippen LogP contribution is 2.23. The molecule has 3 heteroatoms. The average molecular weight is 258 g/mol. The van der Waals surface area contributed by atoms with Gasteiger partial charge in [-0.1, -0.05) is 26.0 Å².